The predicted octanol–water partition coefficient (Wildman–Crippen LogP) is 3.42. The number of carbonyl (C=O) groups excluding carboxylic acids is 1. The summed E-state index contributed by atoms with van der Waals surface area (Å²) in [6, 6.07) is 4.10. The van der Waals surface area contributed by atoms with Gasteiger partial charge in [0.2, 0.25) is 0 Å². The summed E-state index contributed by atoms with van der Waals surface area (Å²) >= 11 is 0. The molecule has 1 aromatic carbocycles. The van der Waals surface area contributed by atoms with Gasteiger partial charge in [0.25, 0.3) is 0 Å². The van der Waals surface area contributed by atoms with E-state index >= 15 is 0 Å². The van der Waals surface area contributed by atoms with Gasteiger partial charge in [0, 0.05) is 0 Å². The Bertz CT molecular complexity index is 445. The molecular weight excluding hydrogens is 274 g/mol. The minimum absolute atomic E-state index is 0. The molecule has 20 heavy (non-hydrogen) atoms. The fourth-order valence-corrected chi connectivity index (χ4v) is 2.77. The van der Waals surface area contributed by atoms with Crippen LogP contribution in [0.15, 0.2) is 12.1 Å². The van der Waals surface area contributed by atoms with Crippen molar-refractivity contribution in [1.82, 2.24) is 4.90 Å². The fraction of sp³-hybridized carbons (Fsp3) is 0.562. The maximum Gasteiger partial charge on any atom is 0.325 e. The highest BCUT2D eigenvalue weighted by molar-refractivity contribution is 5.85. The first-order valence-corrected chi connectivity index (χ1v) is 7.07. The average Bonchev–Trinajstić information content (AvgIpc) is 2.35. The summed E-state index contributed by atoms with van der Waals surface area (Å²) in [6.45, 7) is 8.47. The fourth-order valence-electron chi connectivity index (χ4n) is 2.77. The van der Waals surface area contributed by atoms with Gasteiger partial charge < -0.3 is 4.74 Å². The van der Waals surface area contributed by atoms with E-state index in [1.807, 2.05) is 13.8 Å². The summed E-state index contributed by atoms with van der Waals surface area (Å²) in [5, 5.41) is 0. The molecule has 1 aliphatic heterocycles. The van der Waals surface area contributed by atoms with Crippen molar-refractivity contribution in [2.24, 2.45) is 0 Å². The lowest BCUT2D eigenvalue weighted by atomic mass is 10.1. The average molecular weight is 298 g/mol. The molecule has 2 rings (SSSR count). The third kappa shape index (κ3) is 4.50. The van der Waals surface area contributed by atoms with E-state index in [0.717, 1.165) is 30.0 Å². The highest BCUT2D eigenvalue weighted by atomic mass is 35.5. The van der Waals surface area contributed by atoms with Crippen LogP contribution >= 0.6 is 12.4 Å². The van der Waals surface area contributed by atoms with Crippen molar-refractivity contribution < 1.29 is 9.53 Å². The number of hydrogen-bond acceptors (Lipinski definition) is 3. The highest BCUT2D eigenvalue weighted by Crippen LogP contribution is 2.24. The summed E-state index contributed by atoms with van der Waals surface area (Å²) in [7, 11) is 0. The smallest absolute Gasteiger partial charge is 0.325 e. The number of rotatable bonds is 3. The van der Waals surface area contributed by atoms with Gasteiger partial charge in [-0.05, 0) is 57.8 Å². The van der Waals surface area contributed by atoms with E-state index in [-0.39, 0.29) is 18.4 Å². The van der Waals surface area contributed by atoms with Gasteiger partial charge >= 0.3 is 5.97 Å². The van der Waals surface area contributed by atoms with Crippen LogP contribution in [0.1, 0.15) is 36.0 Å². The SMILES string of the molecule is Cc1cc(C)c(OC(=O)CN2CCCCC2)c(C)c1.Cl. The minimum Gasteiger partial charge on any atom is -0.425 e. The Balaban J connectivity index is 0.00000200. The quantitative estimate of drug-likeness (QED) is 0.632. The molecule has 4 heteroatoms. The number of esters is 1. The van der Waals surface area contributed by atoms with E-state index in [1.165, 1.54) is 24.8 Å². The normalized spacial score (nSPS) is 15.6. The Labute approximate surface area is 127 Å². The number of likely N-dealkylation sites (tertiary alicyclic amines) is 1. The molecule has 0 atom stereocenters. The van der Waals surface area contributed by atoms with Gasteiger partial charge in [0.1, 0.15) is 5.75 Å². The van der Waals surface area contributed by atoms with Crippen molar-refractivity contribution in [3.05, 3.63) is 28.8 Å². The van der Waals surface area contributed by atoms with Gasteiger partial charge in [-0.1, -0.05) is 24.1 Å². The molecule has 0 radical (unpaired) electrons. The summed E-state index contributed by atoms with van der Waals surface area (Å²) in [6.07, 6.45) is 3.66. The number of carbonyl (C=O) groups is 1. The lowest BCUT2D eigenvalue weighted by Gasteiger charge is -2.25. The van der Waals surface area contributed by atoms with Crippen molar-refractivity contribution >= 4 is 18.4 Å². The molecule has 0 N–H and O–H groups in total. The van der Waals surface area contributed by atoms with E-state index in [9.17, 15) is 4.79 Å². The Hall–Kier alpha value is -1.06. The Morgan fingerprint density at radius 3 is 2.20 bits per heavy atom. The molecule has 112 valence electrons. The molecule has 1 heterocycles. The third-order valence-electron chi connectivity index (χ3n) is 3.62. The van der Waals surface area contributed by atoms with Gasteiger partial charge in [-0.2, -0.15) is 0 Å². The molecule has 1 aliphatic rings. The second-order valence-corrected chi connectivity index (χ2v) is 5.54. The van der Waals surface area contributed by atoms with Gasteiger partial charge in [-0.25, -0.2) is 0 Å². The van der Waals surface area contributed by atoms with Crippen LogP contribution in [0, 0.1) is 20.8 Å². The van der Waals surface area contributed by atoms with Crippen LogP contribution in [0.4, 0.5) is 0 Å². The zero-order valence-corrected chi connectivity index (χ0v) is 13.4. The highest BCUT2D eigenvalue weighted by Gasteiger charge is 2.16. The standard InChI is InChI=1S/C16H23NO2.ClH/c1-12-9-13(2)16(14(3)10-12)19-15(18)11-17-7-5-4-6-8-17;/h9-10H,4-8,11H2,1-3H3;1H. The number of aryl methyl sites for hydroxylation is 3. The molecule has 0 saturated carbocycles. The molecule has 0 aliphatic carbocycles. The summed E-state index contributed by atoms with van der Waals surface area (Å²) in [5.74, 6) is 0.588. The van der Waals surface area contributed by atoms with Crippen LogP contribution in [0.5, 0.6) is 5.75 Å². The monoisotopic (exact) mass is 297 g/mol. The molecular formula is C16H24ClNO2. The molecule has 0 aromatic heterocycles. The van der Waals surface area contributed by atoms with E-state index in [4.69, 9.17) is 4.74 Å². The predicted molar refractivity (Wildman–Crippen MR) is 83.8 cm³/mol. The van der Waals surface area contributed by atoms with Crippen LogP contribution in [0.25, 0.3) is 0 Å². The number of halogens is 1. The number of piperidine rings is 1. The van der Waals surface area contributed by atoms with E-state index in [0.29, 0.717) is 6.54 Å². The molecule has 1 saturated heterocycles. The van der Waals surface area contributed by atoms with Crippen LogP contribution in [-0.4, -0.2) is 30.5 Å². The first-order chi connectivity index (χ1) is 9.06. The Kier molecular flexibility index (Phi) is 6.50. The number of nitrogens with zero attached hydrogens (tertiary/aromatic N) is 1. The van der Waals surface area contributed by atoms with Crippen molar-refractivity contribution in [2.75, 3.05) is 19.6 Å². The molecule has 0 amide bonds. The van der Waals surface area contributed by atoms with Gasteiger partial charge in [0.05, 0.1) is 6.54 Å². The topological polar surface area (TPSA) is 29.5 Å². The van der Waals surface area contributed by atoms with E-state index in [1.54, 1.807) is 0 Å². The largest absolute Gasteiger partial charge is 0.425 e. The number of hydrogen-bond donors (Lipinski definition) is 0. The molecule has 1 fully saturated rings. The second kappa shape index (κ2) is 7.65. The summed E-state index contributed by atoms with van der Waals surface area (Å²) in [5.41, 5.74) is 3.26. The van der Waals surface area contributed by atoms with Gasteiger partial charge in [-0.3, -0.25) is 9.69 Å². The van der Waals surface area contributed by atoms with E-state index in [2.05, 4.69) is 24.0 Å². The van der Waals surface area contributed by atoms with Gasteiger partial charge in [-0.15, -0.1) is 12.4 Å². The maximum absolute atomic E-state index is 12.0. The van der Waals surface area contributed by atoms with Crippen molar-refractivity contribution in [3.63, 3.8) is 0 Å². The van der Waals surface area contributed by atoms with Crippen molar-refractivity contribution in [3.8, 4) is 5.75 Å². The lowest BCUT2D eigenvalue weighted by molar-refractivity contribution is -0.136. The van der Waals surface area contributed by atoms with Crippen LogP contribution in [0.3, 0.4) is 0 Å². The summed E-state index contributed by atoms with van der Waals surface area (Å²) < 4.78 is 5.55. The number of benzene rings is 1. The zero-order chi connectivity index (χ0) is 13.8. The first kappa shape index (κ1) is 17.0. The second-order valence-electron chi connectivity index (χ2n) is 5.54. The Morgan fingerprint density at radius 1 is 1.10 bits per heavy atom. The van der Waals surface area contributed by atoms with Crippen LogP contribution in [0.2, 0.25) is 0 Å². The Morgan fingerprint density at radius 2 is 1.65 bits per heavy atom. The number of ether oxygens (including phenoxy) is 1. The zero-order valence-electron chi connectivity index (χ0n) is 12.6. The molecule has 0 spiro atoms. The van der Waals surface area contributed by atoms with E-state index < -0.39 is 0 Å². The maximum atomic E-state index is 12.0. The van der Waals surface area contributed by atoms with Gasteiger partial charge in [0.15, 0.2) is 0 Å². The molecule has 3 nitrogen and oxygen atoms in total. The lowest BCUT2D eigenvalue weighted by Crippen LogP contribution is -2.36. The first-order valence-electron chi connectivity index (χ1n) is 7.07. The third-order valence-corrected chi connectivity index (χ3v) is 3.62. The van der Waals surface area contributed by atoms with Crippen molar-refractivity contribution in [2.45, 2.75) is 40.0 Å². The molecule has 1 aromatic rings. The van der Waals surface area contributed by atoms with Crippen LogP contribution in [-0.2, 0) is 4.79 Å². The van der Waals surface area contributed by atoms with Crippen molar-refractivity contribution in [1.29, 1.82) is 0 Å². The van der Waals surface area contributed by atoms with Crippen LogP contribution < -0.4 is 4.74 Å². The minimum atomic E-state index is -0.142. The molecule has 0 bridgehead atoms. The molecule has 0 unspecified atom stereocenters. The summed E-state index contributed by atoms with van der Waals surface area (Å²) in [4.78, 5) is 14.2.